The van der Waals surface area contributed by atoms with E-state index in [9.17, 15) is 4.79 Å². The summed E-state index contributed by atoms with van der Waals surface area (Å²) in [6, 6.07) is 0.310. The second-order valence-corrected chi connectivity index (χ2v) is 7.15. The maximum Gasteiger partial charge on any atom is 0.225 e. The summed E-state index contributed by atoms with van der Waals surface area (Å²) < 4.78 is 0. The van der Waals surface area contributed by atoms with Crippen LogP contribution in [0.1, 0.15) is 52.9 Å². The molecular formula is C15H28N2O. The van der Waals surface area contributed by atoms with Crippen molar-refractivity contribution in [2.45, 2.75) is 58.9 Å². The Labute approximate surface area is 111 Å². The normalized spacial score (nSPS) is 36.4. The highest BCUT2D eigenvalue weighted by molar-refractivity contribution is 5.79. The molecule has 18 heavy (non-hydrogen) atoms. The van der Waals surface area contributed by atoms with E-state index in [0.717, 1.165) is 45.2 Å². The van der Waals surface area contributed by atoms with E-state index < -0.39 is 0 Å². The highest BCUT2D eigenvalue weighted by Crippen LogP contribution is 2.34. The molecule has 2 rings (SSSR count). The van der Waals surface area contributed by atoms with E-state index >= 15 is 0 Å². The number of rotatable bonds is 1. The molecule has 0 radical (unpaired) electrons. The van der Waals surface area contributed by atoms with Crippen molar-refractivity contribution in [1.29, 1.82) is 0 Å². The summed E-state index contributed by atoms with van der Waals surface area (Å²) in [7, 11) is 0. The SMILES string of the molecule is CC1CC(N)CCC1C(=O)N1CCC(C)(C)CC1. The van der Waals surface area contributed by atoms with Crippen LogP contribution >= 0.6 is 0 Å². The third kappa shape index (κ3) is 3.05. The van der Waals surface area contributed by atoms with Crippen molar-refractivity contribution in [2.24, 2.45) is 23.0 Å². The monoisotopic (exact) mass is 252 g/mol. The van der Waals surface area contributed by atoms with E-state index in [1.807, 2.05) is 0 Å². The molecule has 0 aromatic carbocycles. The van der Waals surface area contributed by atoms with Crippen LogP contribution in [-0.2, 0) is 4.79 Å². The summed E-state index contributed by atoms with van der Waals surface area (Å²) in [5, 5.41) is 0. The lowest BCUT2D eigenvalue weighted by atomic mass is 9.76. The maximum atomic E-state index is 12.6. The van der Waals surface area contributed by atoms with Crippen molar-refractivity contribution in [1.82, 2.24) is 4.90 Å². The number of nitrogens with zero attached hydrogens (tertiary/aromatic N) is 1. The Kier molecular flexibility index (Phi) is 4.00. The van der Waals surface area contributed by atoms with Gasteiger partial charge in [-0.3, -0.25) is 4.79 Å². The van der Waals surface area contributed by atoms with Crippen LogP contribution < -0.4 is 5.73 Å². The summed E-state index contributed by atoms with van der Waals surface area (Å²) >= 11 is 0. The van der Waals surface area contributed by atoms with Gasteiger partial charge in [-0.1, -0.05) is 20.8 Å². The third-order valence-corrected chi connectivity index (χ3v) is 4.96. The molecule has 1 saturated carbocycles. The van der Waals surface area contributed by atoms with Crippen LogP contribution in [0.4, 0.5) is 0 Å². The molecule has 3 heteroatoms. The molecule has 104 valence electrons. The molecule has 3 unspecified atom stereocenters. The number of nitrogens with two attached hydrogens (primary N) is 1. The zero-order valence-electron chi connectivity index (χ0n) is 12.1. The first-order valence-corrected chi connectivity index (χ1v) is 7.43. The summed E-state index contributed by atoms with van der Waals surface area (Å²) in [5.41, 5.74) is 6.39. The van der Waals surface area contributed by atoms with Crippen LogP contribution in [0.3, 0.4) is 0 Å². The van der Waals surface area contributed by atoms with Gasteiger partial charge in [0.15, 0.2) is 0 Å². The highest BCUT2D eigenvalue weighted by atomic mass is 16.2. The lowest BCUT2D eigenvalue weighted by Crippen LogP contribution is -2.47. The van der Waals surface area contributed by atoms with Crippen LogP contribution in [0.25, 0.3) is 0 Å². The number of piperidine rings is 1. The van der Waals surface area contributed by atoms with Gasteiger partial charge in [-0.2, -0.15) is 0 Å². The van der Waals surface area contributed by atoms with Crippen molar-refractivity contribution in [2.75, 3.05) is 13.1 Å². The topological polar surface area (TPSA) is 46.3 Å². The lowest BCUT2D eigenvalue weighted by Gasteiger charge is -2.40. The van der Waals surface area contributed by atoms with Gasteiger partial charge in [-0.25, -0.2) is 0 Å². The van der Waals surface area contributed by atoms with Crippen LogP contribution in [0.2, 0.25) is 0 Å². The summed E-state index contributed by atoms with van der Waals surface area (Å²) in [6.45, 7) is 8.69. The molecule has 1 aliphatic heterocycles. The number of amides is 1. The lowest BCUT2D eigenvalue weighted by molar-refractivity contribution is -0.140. The van der Waals surface area contributed by atoms with E-state index in [1.165, 1.54) is 0 Å². The Bertz CT molecular complexity index is 304. The molecule has 1 saturated heterocycles. The number of carbonyl (C=O) groups is 1. The molecule has 2 N–H and O–H groups in total. The second kappa shape index (κ2) is 5.20. The first-order chi connectivity index (χ1) is 8.39. The first kappa shape index (κ1) is 13.9. The maximum absolute atomic E-state index is 12.6. The van der Waals surface area contributed by atoms with Crippen molar-refractivity contribution in [3.8, 4) is 0 Å². The number of hydrogen-bond donors (Lipinski definition) is 1. The van der Waals surface area contributed by atoms with Crippen molar-refractivity contribution in [3.05, 3.63) is 0 Å². The van der Waals surface area contributed by atoms with Gasteiger partial charge in [0.25, 0.3) is 0 Å². The first-order valence-electron chi connectivity index (χ1n) is 7.43. The van der Waals surface area contributed by atoms with Gasteiger partial charge in [-0.05, 0) is 43.4 Å². The average Bonchev–Trinajstić information content (AvgIpc) is 2.28. The average molecular weight is 252 g/mol. The minimum absolute atomic E-state index is 0.228. The van der Waals surface area contributed by atoms with Crippen molar-refractivity contribution < 1.29 is 4.79 Å². The largest absolute Gasteiger partial charge is 0.342 e. The Morgan fingerprint density at radius 3 is 2.39 bits per heavy atom. The Morgan fingerprint density at radius 2 is 1.83 bits per heavy atom. The van der Waals surface area contributed by atoms with Crippen LogP contribution in [0.5, 0.6) is 0 Å². The minimum Gasteiger partial charge on any atom is -0.342 e. The van der Waals surface area contributed by atoms with Gasteiger partial charge >= 0.3 is 0 Å². The summed E-state index contributed by atoms with van der Waals surface area (Å²) in [5.74, 6) is 1.08. The van der Waals surface area contributed by atoms with Crippen LogP contribution in [0.15, 0.2) is 0 Å². The predicted octanol–water partition coefficient (Wildman–Crippen LogP) is 2.40. The van der Waals surface area contributed by atoms with Crippen molar-refractivity contribution >= 4 is 5.91 Å². The third-order valence-electron chi connectivity index (χ3n) is 4.96. The molecule has 1 aliphatic carbocycles. The van der Waals surface area contributed by atoms with E-state index in [1.54, 1.807) is 0 Å². The van der Waals surface area contributed by atoms with Gasteiger partial charge in [0.1, 0.15) is 0 Å². The zero-order chi connectivity index (χ0) is 13.3. The van der Waals surface area contributed by atoms with E-state index in [-0.39, 0.29) is 5.92 Å². The van der Waals surface area contributed by atoms with E-state index in [2.05, 4.69) is 25.7 Å². The smallest absolute Gasteiger partial charge is 0.225 e. The fraction of sp³-hybridized carbons (Fsp3) is 0.933. The summed E-state index contributed by atoms with van der Waals surface area (Å²) in [4.78, 5) is 14.7. The van der Waals surface area contributed by atoms with Gasteiger partial charge < -0.3 is 10.6 Å². The van der Waals surface area contributed by atoms with Crippen LogP contribution in [-0.4, -0.2) is 29.9 Å². The van der Waals surface area contributed by atoms with Crippen LogP contribution in [0, 0.1) is 17.3 Å². The number of likely N-dealkylation sites (tertiary alicyclic amines) is 1. The zero-order valence-corrected chi connectivity index (χ0v) is 12.1. The Hall–Kier alpha value is -0.570. The van der Waals surface area contributed by atoms with E-state index in [4.69, 9.17) is 5.73 Å². The molecule has 1 amide bonds. The molecular weight excluding hydrogens is 224 g/mol. The fourth-order valence-corrected chi connectivity index (χ4v) is 3.37. The molecule has 2 aliphatic rings. The molecule has 0 spiro atoms. The van der Waals surface area contributed by atoms with Gasteiger partial charge in [0.05, 0.1) is 0 Å². The molecule has 1 heterocycles. The molecule has 0 aromatic rings. The molecule has 0 bridgehead atoms. The minimum atomic E-state index is 0.228. The molecule has 0 aromatic heterocycles. The number of hydrogen-bond acceptors (Lipinski definition) is 2. The highest BCUT2D eigenvalue weighted by Gasteiger charge is 2.36. The molecule has 3 atom stereocenters. The standard InChI is InChI=1S/C15H28N2O/c1-11-10-12(16)4-5-13(11)14(18)17-8-6-15(2,3)7-9-17/h11-13H,4-10,16H2,1-3H3. The summed E-state index contributed by atoms with van der Waals surface area (Å²) in [6.07, 6.45) is 5.29. The van der Waals surface area contributed by atoms with Gasteiger partial charge in [0.2, 0.25) is 5.91 Å². The number of carbonyl (C=O) groups excluding carboxylic acids is 1. The molecule has 2 fully saturated rings. The fourth-order valence-electron chi connectivity index (χ4n) is 3.37. The Balaban J connectivity index is 1.92. The quantitative estimate of drug-likeness (QED) is 0.779. The molecule has 3 nitrogen and oxygen atoms in total. The van der Waals surface area contributed by atoms with Gasteiger partial charge in [-0.15, -0.1) is 0 Å². The van der Waals surface area contributed by atoms with Gasteiger partial charge in [0, 0.05) is 25.0 Å². The second-order valence-electron chi connectivity index (χ2n) is 7.15. The predicted molar refractivity (Wildman–Crippen MR) is 74.1 cm³/mol. The van der Waals surface area contributed by atoms with E-state index in [0.29, 0.717) is 23.3 Å². The van der Waals surface area contributed by atoms with Crippen molar-refractivity contribution in [3.63, 3.8) is 0 Å². The Morgan fingerprint density at radius 1 is 1.22 bits per heavy atom.